The van der Waals surface area contributed by atoms with Gasteiger partial charge < -0.3 is 5.73 Å². The summed E-state index contributed by atoms with van der Waals surface area (Å²) in [7, 11) is 0. The molecule has 0 atom stereocenters. The van der Waals surface area contributed by atoms with Gasteiger partial charge in [0.05, 0.1) is 10.3 Å². The van der Waals surface area contributed by atoms with E-state index in [4.69, 9.17) is 5.73 Å². The van der Waals surface area contributed by atoms with E-state index in [0.717, 1.165) is 21.3 Å². The fourth-order valence-electron chi connectivity index (χ4n) is 2.82. The maximum absolute atomic E-state index is 12.8. The number of nitrogens with zero attached hydrogens (tertiary/aromatic N) is 2. The second kappa shape index (κ2) is 6.11. The smallest absolute Gasteiger partial charge is 0.203 e. The van der Waals surface area contributed by atoms with Crippen molar-refractivity contribution < 1.29 is 4.79 Å². The van der Waals surface area contributed by atoms with Gasteiger partial charge in [-0.2, -0.15) is 0 Å². The van der Waals surface area contributed by atoms with Crippen molar-refractivity contribution in [3.63, 3.8) is 0 Å². The van der Waals surface area contributed by atoms with Crippen LogP contribution in [0.3, 0.4) is 0 Å². The first kappa shape index (κ1) is 15.5. The van der Waals surface area contributed by atoms with E-state index < -0.39 is 0 Å². The van der Waals surface area contributed by atoms with Crippen LogP contribution in [-0.4, -0.2) is 15.8 Å². The van der Waals surface area contributed by atoms with Crippen molar-refractivity contribution in [1.82, 2.24) is 9.97 Å². The van der Waals surface area contributed by atoms with Crippen molar-refractivity contribution in [2.45, 2.75) is 6.92 Å². The van der Waals surface area contributed by atoms with Gasteiger partial charge in [0.1, 0.15) is 10.6 Å². The van der Waals surface area contributed by atoms with Crippen molar-refractivity contribution in [1.29, 1.82) is 0 Å². The molecule has 4 nitrogen and oxygen atoms in total. The van der Waals surface area contributed by atoms with E-state index in [-0.39, 0.29) is 5.78 Å². The van der Waals surface area contributed by atoms with Gasteiger partial charge in [-0.1, -0.05) is 60.7 Å². The number of rotatable bonds is 3. The molecule has 0 saturated carbocycles. The molecular formula is C20H15N3OS. The van der Waals surface area contributed by atoms with Gasteiger partial charge in [0.2, 0.25) is 5.78 Å². The van der Waals surface area contributed by atoms with Crippen molar-refractivity contribution in [2.75, 3.05) is 5.73 Å². The Morgan fingerprint density at radius 1 is 0.960 bits per heavy atom. The number of hydrogen-bond donors (Lipinski definition) is 1. The lowest BCUT2D eigenvalue weighted by atomic mass is 10.1. The molecule has 0 aliphatic heterocycles. The van der Waals surface area contributed by atoms with E-state index in [1.54, 1.807) is 0 Å². The minimum absolute atomic E-state index is 0.0123. The first-order chi connectivity index (χ1) is 12.1. The summed E-state index contributed by atoms with van der Waals surface area (Å²) in [4.78, 5) is 23.3. The number of fused-ring (bicyclic) bond motifs is 1. The summed E-state index contributed by atoms with van der Waals surface area (Å²) < 4.78 is 0. The topological polar surface area (TPSA) is 68.9 Å². The highest BCUT2D eigenvalue weighted by Gasteiger charge is 2.20. The van der Waals surface area contributed by atoms with Crippen LogP contribution in [0, 0.1) is 6.92 Å². The minimum Gasteiger partial charge on any atom is -0.383 e. The molecule has 2 aromatic carbocycles. The Balaban J connectivity index is 1.88. The molecule has 0 saturated heterocycles. The van der Waals surface area contributed by atoms with Crippen molar-refractivity contribution >= 4 is 33.2 Å². The number of ketones is 1. The average Bonchev–Trinajstić information content (AvgIpc) is 2.99. The second-order valence-electron chi connectivity index (χ2n) is 5.73. The summed E-state index contributed by atoms with van der Waals surface area (Å²) in [6.07, 6.45) is 0. The predicted molar refractivity (Wildman–Crippen MR) is 102 cm³/mol. The van der Waals surface area contributed by atoms with Gasteiger partial charge in [0.25, 0.3) is 0 Å². The molecule has 0 aliphatic carbocycles. The number of benzene rings is 2. The molecular weight excluding hydrogens is 330 g/mol. The second-order valence-corrected chi connectivity index (χ2v) is 6.73. The Hall–Kier alpha value is -3.05. The van der Waals surface area contributed by atoms with Gasteiger partial charge >= 0.3 is 0 Å². The molecule has 0 bridgehead atoms. The minimum atomic E-state index is -0.0123. The number of carbonyl (C=O) groups is 1. The van der Waals surface area contributed by atoms with E-state index >= 15 is 0 Å². The highest BCUT2D eigenvalue weighted by Crippen LogP contribution is 2.35. The third-order valence-corrected chi connectivity index (χ3v) is 5.28. The predicted octanol–water partition coefficient (Wildman–Crippen LogP) is 4.48. The van der Waals surface area contributed by atoms with Gasteiger partial charge in [-0.05, 0) is 12.5 Å². The molecule has 0 radical (unpaired) electrons. The first-order valence-corrected chi connectivity index (χ1v) is 8.68. The lowest BCUT2D eigenvalue weighted by Gasteiger charge is -2.03. The molecule has 0 aliphatic rings. The molecule has 4 rings (SSSR count). The van der Waals surface area contributed by atoms with E-state index in [1.165, 1.54) is 11.3 Å². The number of thiophene rings is 1. The van der Waals surface area contributed by atoms with Gasteiger partial charge in [-0.15, -0.1) is 11.3 Å². The molecule has 2 N–H and O–H groups in total. The molecule has 5 heteroatoms. The first-order valence-electron chi connectivity index (χ1n) is 7.87. The zero-order valence-corrected chi connectivity index (χ0v) is 14.4. The summed E-state index contributed by atoms with van der Waals surface area (Å²) in [6.45, 7) is 1.90. The molecule has 0 amide bonds. The van der Waals surface area contributed by atoms with Crippen LogP contribution in [0.25, 0.3) is 21.6 Å². The van der Waals surface area contributed by atoms with Gasteiger partial charge in [0, 0.05) is 11.1 Å². The fourth-order valence-corrected chi connectivity index (χ4v) is 3.97. The van der Waals surface area contributed by atoms with E-state index in [9.17, 15) is 4.79 Å². The molecule has 25 heavy (non-hydrogen) atoms. The number of hydrogen-bond acceptors (Lipinski definition) is 5. The van der Waals surface area contributed by atoms with Crippen LogP contribution in [-0.2, 0) is 0 Å². The Bertz CT molecular complexity index is 1070. The molecule has 0 fully saturated rings. The van der Waals surface area contributed by atoms with Crippen LogP contribution in [0.5, 0.6) is 0 Å². The lowest BCUT2D eigenvalue weighted by Crippen LogP contribution is -2.00. The molecule has 0 unspecified atom stereocenters. The molecule has 122 valence electrons. The third kappa shape index (κ3) is 2.68. The zero-order valence-electron chi connectivity index (χ0n) is 13.6. The average molecular weight is 345 g/mol. The number of aryl methyl sites for hydroxylation is 1. The zero-order chi connectivity index (χ0) is 17.4. The van der Waals surface area contributed by atoms with Crippen LogP contribution >= 0.6 is 11.3 Å². The van der Waals surface area contributed by atoms with Crippen molar-refractivity contribution in [2.24, 2.45) is 0 Å². The molecule has 4 aromatic rings. The third-order valence-electron chi connectivity index (χ3n) is 4.09. The molecule has 2 aromatic heterocycles. The van der Waals surface area contributed by atoms with Crippen molar-refractivity contribution in [3.05, 3.63) is 76.7 Å². The maximum atomic E-state index is 12.8. The number of nitrogens with two attached hydrogens (primary N) is 1. The van der Waals surface area contributed by atoms with Crippen molar-refractivity contribution in [3.8, 4) is 11.4 Å². The van der Waals surface area contributed by atoms with Gasteiger partial charge in [-0.3, -0.25) is 4.79 Å². The highest BCUT2D eigenvalue weighted by atomic mass is 32.1. The standard InChI is InChI=1S/C20H15N3OS/c1-12-15-18(21)22-19(14-10-6-3-7-11-14)23-20(15)25-17(12)16(24)13-8-4-2-5-9-13/h2-11H,1H3,(H2,21,22,23). The Labute approximate surface area is 149 Å². The van der Waals surface area contributed by atoms with E-state index in [0.29, 0.717) is 22.1 Å². The summed E-state index contributed by atoms with van der Waals surface area (Å²) >= 11 is 1.37. The largest absolute Gasteiger partial charge is 0.383 e. The van der Waals surface area contributed by atoms with Crippen LogP contribution < -0.4 is 5.73 Å². The number of aromatic nitrogens is 2. The van der Waals surface area contributed by atoms with Crippen LogP contribution in [0.15, 0.2) is 60.7 Å². The summed E-state index contributed by atoms with van der Waals surface area (Å²) in [5, 5.41) is 0.768. The van der Waals surface area contributed by atoms with Crippen LogP contribution in [0.2, 0.25) is 0 Å². The maximum Gasteiger partial charge on any atom is 0.203 e. The number of nitrogen functional groups attached to an aromatic ring is 1. The van der Waals surface area contributed by atoms with E-state index in [1.807, 2.05) is 67.6 Å². The Kier molecular flexibility index (Phi) is 3.78. The van der Waals surface area contributed by atoms with Crippen LogP contribution in [0.1, 0.15) is 20.8 Å². The number of anilines is 1. The van der Waals surface area contributed by atoms with Gasteiger partial charge in [-0.25, -0.2) is 9.97 Å². The Morgan fingerprint density at radius 3 is 2.28 bits per heavy atom. The number of carbonyl (C=O) groups excluding carboxylic acids is 1. The fraction of sp³-hybridized carbons (Fsp3) is 0.0500. The highest BCUT2D eigenvalue weighted by molar-refractivity contribution is 7.21. The normalized spacial score (nSPS) is 10.9. The molecule has 0 spiro atoms. The SMILES string of the molecule is Cc1c(C(=O)c2ccccc2)sc2nc(-c3ccccc3)nc(N)c12. The summed E-state index contributed by atoms with van der Waals surface area (Å²) in [5.41, 5.74) is 8.59. The quantitative estimate of drug-likeness (QED) is 0.556. The van der Waals surface area contributed by atoms with E-state index in [2.05, 4.69) is 9.97 Å². The summed E-state index contributed by atoms with van der Waals surface area (Å²) in [5.74, 6) is 0.969. The van der Waals surface area contributed by atoms with Gasteiger partial charge in [0.15, 0.2) is 5.82 Å². The monoisotopic (exact) mass is 345 g/mol. The Morgan fingerprint density at radius 2 is 1.60 bits per heavy atom. The lowest BCUT2D eigenvalue weighted by molar-refractivity contribution is 0.104. The summed E-state index contributed by atoms with van der Waals surface area (Å²) in [6, 6.07) is 18.9. The molecule has 2 heterocycles. The van der Waals surface area contributed by atoms with Crippen LogP contribution in [0.4, 0.5) is 5.82 Å².